The van der Waals surface area contributed by atoms with Gasteiger partial charge in [-0.2, -0.15) is 0 Å². The summed E-state index contributed by atoms with van der Waals surface area (Å²) in [6.45, 7) is 1.74. The third-order valence-corrected chi connectivity index (χ3v) is 6.86. The lowest BCUT2D eigenvalue weighted by molar-refractivity contribution is -0.174. The van der Waals surface area contributed by atoms with Crippen molar-refractivity contribution in [3.8, 4) is 0 Å². The molecule has 5 atom stereocenters. The molecule has 0 aliphatic carbocycles. The molecule has 6 heteroatoms. The van der Waals surface area contributed by atoms with Gasteiger partial charge in [0.15, 0.2) is 6.29 Å². The molecular formula is C34H36O6. The predicted octanol–water partition coefficient (Wildman–Crippen LogP) is 5.68. The molecule has 1 N–H and O–H groups in total. The van der Waals surface area contributed by atoms with Crippen LogP contribution >= 0.6 is 0 Å². The summed E-state index contributed by atoms with van der Waals surface area (Å²) in [5.74, 6) is 0. The largest absolute Gasteiger partial charge is 0.374 e. The summed E-state index contributed by atoms with van der Waals surface area (Å²) < 4.78 is 31.3. The predicted molar refractivity (Wildman–Crippen MR) is 152 cm³/mol. The summed E-state index contributed by atoms with van der Waals surface area (Å²) in [5, 5.41) is 11.0. The van der Waals surface area contributed by atoms with E-state index in [1.54, 1.807) is 0 Å². The van der Waals surface area contributed by atoms with Crippen LogP contribution in [0.15, 0.2) is 121 Å². The molecule has 1 fully saturated rings. The molecular weight excluding hydrogens is 504 g/mol. The van der Waals surface area contributed by atoms with E-state index in [0.29, 0.717) is 26.4 Å². The van der Waals surface area contributed by atoms with Gasteiger partial charge in [-0.25, -0.2) is 0 Å². The van der Waals surface area contributed by atoms with Crippen LogP contribution in [0.1, 0.15) is 22.3 Å². The molecule has 208 valence electrons. The van der Waals surface area contributed by atoms with E-state index in [1.165, 1.54) is 0 Å². The maximum absolute atomic E-state index is 11.0. The van der Waals surface area contributed by atoms with Crippen molar-refractivity contribution >= 4 is 0 Å². The van der Waals surface area contributed by atoms with Gasteiger partial charge in [0.1, 0.15) is 24.4 Å². The molecule has 5 unspecified atom stereocenters. The first-order valence-electron chi connectivity index (χ1n) is 13.7. The van der Waals surface area contributed by atoms with Crippen molar-refractivity contribution < 1.29 is 28.8 Å². The zero-order valence-electron chi connectivity index (χ0n) is 22.5. The molecule has 6 nitrogen and oxygen atoms in total. The van der Waals surface area contributed by atoms with Crippen LogP contribution in [0.4, 0.5) is 0 Å². The van der Waals surface area contributed by atoms with Crippen LogP contribution in [0.25, 0.3) is 0 Å². The second kappa shape index (κ2) is 14.9. The molecule has 5 rings (SSSR count). The molecule has 0 radical (unpaired) electrons. The van der Waals surface area contributed by atoms with Crippen molar-refractivity contribution in [1.82, 2.24) is 0 Å². The SMILES string of the molecule is OC1OC(C(COCc2ccccc2)OCc2ccccc2)C(OCc2ccccc2)C1OCc1ccccc1. The second-order valence-electron chi connectivity index (χ2n) is 9.85. The van der Waals surface area contributed by atoms with E-state index in [2.05, 4.69) is 0 Å². The summed E-state index contributed by atoms with van der Waals surface area (Å²) in [7, 11) is 0. The van der Waals surface area contributed by atoms with Crippen LogP contribution in [0.3, 0.4) is 0 Å². The highest BCUT2D eigenvalue weighted by atomic mass is 16.7. The molecule has 1 aliphatic rings. The standard InChI is InChI=1S/C34H36O6/c35-34-33(39-24-29-19-11-4-12-20-29)32(38-23-28-17-9-3-10-18-28)31(40-34)30(37-22-27-15-7-2-8-16-27)25-36-21-26-13-5-1-6-14-26/h1-20,30-35H,21-25H2. The molecule has 4 aromatic carbocycles. The molecule has 0 amide bonds. The summed E-state index contributed by atoms with van der Waals surface area (Å²) >= 11 is 0. The van der Waals surface area contributed by atoms with Gasteiger partial charge in [-0.05, 0) is 22.3 Å². The molecule has 0 bridgehead atoms. The van der Waals surface area contributed by atoms with Crippen molar-refractivity contribution in [2.45, 2.75) is 57.1 Å². The van der Waals surface area contributed by atoms with Crippen molar-refractivity contribution in [2.75, 3.05) is 6.61 Å². The number of rotatable bonds is 14. The minimum Gasteiger partial charge on any atom is -0.374 e. The Hall–Kier alpha value is -3.36. The van der Waals surface area contributed by atoms with Gasteiger partial charge in [0.05, 0.1) is 33.0 Å². The van der Waals surface area contributed by atoms with E-state index >= 15 is 0 Å². The summed E-state index contributed by atoms with van der Waals surface area (Å²) in [4.78, 5) is 0. The molecule has 0 spiro atoms. The molecule has 0 aromatic heterocycles. The van der Waals surface area contributed by atoms with Crippen LogP contribution < -0.4 is 0 Å². The van der Waals surface area contributed by atoms with Crippen molar-refractivity contribution in [3.05, 3.63) is 144 Å². The highest BCUT2D eigenvalue weighted by Crippen LogP contribution is 2.31. The second-order valence-corrected chi connectivity index (χ2v) is 9.85. The van der Waals surface area contributed by atoms with Gasteiger partial charge in [0, 0.05) is 0 Å². The Morgan fingerprint density at radius 2 is 0.975 bits per heavy atom. The third-order valence-electron chi connectivity index (χ3n) is 6.86. The lowest BCUT2D eigenvalue weighted by Gasteiger charge is -2.29. The molecule has 1 saturated heterocycles. The lowest BCUT2D eigenvalue weighted by atomic mass is 10.0. The van der Waals surface area contributed by atoms with Crippen molar-refractivity contribution in [3.63, 3.8) is 0 Å². The number of hydrogen-bond acceptors (Lipinski definition) is 6. The number of hydrogen-bond donors (Lipinski definition) is 1. The van der Waals surface area contributed by atoms with E-state index in [4.69, 9.17) is 23.7 Å². The number of benzene rings is 4. The summed E-state index contributed by atoms with van der Waals surface area (Å²) in [6.07, 6.45) is -3.58. The molecule has 4 aromatic rings. The Kier molecular flexibility index (Phi) is 10.5. The first-order chi connectivity index (χ1) is 19.8. The minimum atomic E-state index is -1.17. The van der Waals surface area contributed by atoms with E-state index in [1.807, 2.05) is 121 Å². The maximum Gasteiger partial charge on any atom is 0.184 e. The smallest absolute Gasteiger partial charge is 0.184 e. The van der Waals surface area contributed by atoms with Crippen molar-refractivity contribution in [1.29, 1.82) is 0 Å². The number of ether oxygens (including phenoxy) is 5. The Morgan fingerprint density at radius 1 is 0.550 bits per heavy atom. The van der Waals surface area contributed by atoms with Gasteiger partial charge in [-0.1, -0.05) is 121 Å². The molecule has 40 heavy (non-hydrogen) atoms. The Morgan fingerprint density at radius 3 is 1.48 bits per heavy atom. The Bertz CT molecular complexity index is 1240. The highest BCUT2D eigenvalue weighted by molar-refractivity contribution is 5.16. The lowest BCUT2D eigenvalue weighted by Crippen LogP contribution is -2.45. The third kappa shape index (κ3) is 8.08. The minimum absolute atomic E-state index is 0.260. The first kappa shape index (κ1) is 28.2. The average molecular weight is 541 g/mol. The van der Waals surface area contributed by atoms with Crippen LogP contribution in [-0.4, -0.2) is 42.4 Å². The summed E-state index contributed by atoms with van der Waals surface area (Å²) in [6, 6.07) is 39.8. The van der Waals surface area contributed by atoms with E-state index in [-0.39, 0.29) is 6.61 Å². The molecule has 1 heterocycles. The maximum atomic E-state index is 11.0. The zero-order chi connectivity index (χ0) is 27.4. The van der Waals surface area contributed by atoms with E-state index in [9.17, 15) is 5.11 Å². The fourth-order valence-electron chi connectivity index (χ4n) is 4.75. The summed E-state index contributed by atoms with van der Waals surface area (Å²) in [5.41, 5.74) is 4.12. The van der Waals surface area contributed by atoms with Gasteiger partial charge in [-0.15, -0.1) is 0 Å². The van der Waals surface area contributed by atoms with Gasteiger partial charge in [0.2, 0.25) is 0 Å². The van der Waals surface area contributed by atoms with Crippen LogP contribution in [0.5, 0.6) is 0 Å². The number of aliphatic hydroxyl groups excluding tert-OH is 1. The van der Waals surface area contributed by atoms with Gasteiger partial charge >= 0.3 is 0 Å². The molecule has 0 saturated carbocycles. The number of aliphatic hydroxyl groups is 1. The van der Waals surface area contributed by atoms with Crippen molar-refractivity contribution in [2.24, 2.45) is 0 Å². The van der Waals surface area contributed by atoms with Crippen LogP contribution in [-0.2, 0) is 50.1 Å². The van der Waals surface area contributed by atoms with Crippen LogP contribution in [0, 0.1) is 0 Å². The normalized spacial score (nSPS) is 21.3. The Labute approximate surface area is 236 Å². The quantitative estimate of drug-likeness (QED) is 0.222. The van der Waals surface area contributed by atoms with E-state index < -0.39 is 30.7 Å². The average Bonchev–Trinajstić information content (AvgIpc) is 3.33. The van der Waals surface area contributed by atoms with Gasteiger partial charge in [-0.3, -0.25) is 0 Å². The fraction of sp³-hybridized carbons (Fsp3) is 0.294. The fourth-order valence-corrected chi connectivity index (χ4v) is 4.75. The first-order valence-corrected chi connectivity index (χ1v) is 13.7. The van der Waals surface area contributed by atoms with E-state index in [0.717, 1.165) is 22.3 Å². The van der Waals surface area contributed by atoms with Crippen LogP contribution in [0.2, 0.25) is 0 Å². The molecule has 1 aliphatic heterocycles. The topological polar surface area (TPSA) is 66.4 Å². The highest BCUT2D eigenvalue weighted by Gasteiger charge is 2.49. The monoisotopic (exact) mass is 540 g/mol. The Balaban J connectivity index is 1.33. The zero-order valence-corrected chi connectivity index (χ0v) is 22.5. The van der Waals surface area contributed by atoms with Gasteiger partial charge in [0.25, 0.3) is 0 Å². The van der Waals surface area contributed by atoms with Gasteiger partial charge < -0.3 is 28.8 Å².